The first kappa shape index (κ1) is 17.7. The zero-order valence-electron chi connectivity index (χ0n) is 14.9. The first-order valence-electron chi connectivity index (χ1n) is 9.30. The number of allylic oxidation sites excluding steroid dienone is 3. The first-order valence-corrected chi connectivity index (χ1v) is 9.30. The summed E-state index contributed by atoms with van der Waals surface area (Å²) in [6.07, 6.45) is 7.83. The normalized spacial score (nSPS) is 43.6. The van der Waals surface area contributed by atoms with E-state index in [1.165, 1.54) is 5.57 Å². The van der Waals surface area contributed by atoms with Crippen molar-refractivity contribution in [3.8, 4) is 0 Å². The predicted octanol–water partition coefficient (Wildman–Crippen LogP) is 2.84. The minimum atomic E-state index is -0.580. The average molecular weight is 334 g/mol. The third kappa shape index (κ3) is 3.60. The molecule has 0 aromatic heterocycles. The molecule has 1 heterocycles. The summed E-state index contributed by atoms with van der Waals surface area (Å²) < 4.78 is 5.44. The van der Waals surface area contributed by atoms with Crippen molar-refractivity contribution in [3.05, 3.63) is 23.8 Å². The van der Waals surface area contributed by atoms with Gasteiger partial charge in [-0.15, -0.1) is 0 Å². The number of ether oxygens (including phenoxy) is 1. The lowest BCUT2D eigenvalue weighted by molar-refractivity contribution is -0.161. The van der Waals surface area contributed by atoms with Gasteiger partial charge in [0.1, 0.15) is 6.10 Å². The maximum absolute atomic E-state index is 11.6. The Balaban J connectivity index is 1.75. The van der Waals surface area contributed by atoms with Crippen LogP contribution in [0.25, 0.3) is 0 Å². The highest BCUT2D eigenvalue weighted by atomic mass is 16.5. The number of esters is 1. The molecule has 0 amide bonds. The number of carbonyl (C=O) groups excluding carboxylic acids is 1. The summed E-state index contributed by atoms with van der Waals surface area (Å²) in [6.45, 7) is 6.55. The predicted molar refractivity (Wildman–Crippen MR) is 92.1 cm³/mol. The van der Waals surface area contributed by atoms with Gasteiger partial charge in [-0.2, -0.15) is 0 Å². The molecule has 0 spiro atoms. The van der Waals surface area contributed by atoms with Crippen LogP contribution in [0.15, 0.2) is 23.8 Å². The molecule has 0 radical (unpaired) electrons. The molecule has 2 N–H and O–H groups in total. The van der Waals surface area contributed by atoms with Crippen molar-refractivity contribution in [3.63, 3.8) is 0 Å². The van der Waals surface area contributed by atoms with Crippen LogP contribution < -0.4 is 0 Å². The van der Waals surface area contributed by atoms with Gasteiger partial charge in [0.25, 0.3) is 0 Å². The summed E-state index contributed by atoms with van der Waals surface area (Å²) >= 11 is 0. The Labute approximate surface area is 144 Å². The lowest BCUT2D eigenvalue weighted by Gasteiger charge is -2.45. The Morgan fingerprint density at radius 3 is 2.75 bits per heavy atom. The maximum atomic E-state index is 11.6. The van der Waals surface area contributed by atoms with Gasteiger partial charge in [-0.3, -0.25) is 4.79 Å². The van der Waals surface area contributed by atoms with Crippen molar-refractivity contribution < 1.29 is 19.7 Å². The van der Waals surface area contributed by atoms with Gasteiger partial charge in [-0.05, 0) is 42.1 Å². The van der Waals surface area contributed by atoms with Crippen LogP contribution in [0.4, 0.5) is 0 Å². The van der Waals surface area contributed by atoms with Crippen LogP contribution in [0.1, 0.15) is 46.5 Å². The van der Waals surface area contributed by atoms with Crippen molar-refractivity contribution >= 4 is 5.97 Å². The van der Waals surface area contributed by atoms with Gasteiger partial charge in [0.15, 0.2) is 0 Å². The number of hydrogen-bond acceptors (Lipinski definition) is 4. The monoisotopic (exact) mass is 334 g/mol. The van der Waals surface area contributed by atoms with Crippen LogP contribution >= 0.6 is 0 Å². The Kier molecular flexibility index (Phi) is 5.16. The Bertz CT molecular complexity index is 538. The summed E-state index contributed by atoms with van der Waals surface area (Å²) in [4.78, 5) is 11.6. The standard InChI is InChI=1S/C20H30O4/c1-11-6-14-5-4-12(2)19(20(14)17(22)7-11)13(3)8-16-9-15(21)10-18(23)24-16/h4-6,11-13,15-17,19-22H,7-10H2,1-3H3/t11-,12-,13-,15+,16+,17-,19+,20+/m0/s1. The van der Waals surface area contributed by atoms with E-state index in [2.05, 4.69) is 39.0 Å². The minimum absolute atomic E-state index is 0.111. The summed E-state index contributed by atoms with van der Waals surface area (Å²) in [5.41, 5.74) is 1.26. The summed E-state index contributed by atoms with van der Waals surface area (Å²) in [5.74, 6) is 1.31. The molecule has 1 fully saturated rings. The number of rotatable bonds is 3. The molecule has 8 atom stereocenters. The second-order valence-corrected chi connectivity index (χ2v) is 8.19. The molecule has 134 valence electrons. The van der Waals surface area contributed by atoms with Crippen molar-refractivity contribution in [2.45, 2.75) is 64.8 Å². The van der Waals surface area contributed by atoms with Crippen molar-refractivity contribution in [1.82, 2.24) is 0 Å². The van der Waals surface area contributed by atoms with E-state index in [1.54, 1.807) is 0 Å². The Hall–Kier alpha value is -1.13. The van der Waals surface area contributed by atoms with Gasteiger partial charge in [-0.25, -0.2) is 0 Å². The van der Waals surface area contributed by atoms with Crippen molar-refractivity contribution in [1.29, 1.82) is 0 Å². The number of hydrogen-bond donors (Lipinski definition) is 2. The highest BCUT2D eigenvalue weighted by molar-refractivity contribution is 5.70. The zero-order chi connectivity index (χ0) is 17.4. The number of carbonyl (C=O) groups is 1. The third-order valence-electron chi connectivity index (χ3n) is 6.03. The lowest BCUT2D eigenvalue weighted by Crippen LogP contribution is -2.42. The molecule has 3 aliphatic rings. The number of aliphatic hydroxyl groups is 2. The van der Waals surface area contributed by atoms with E-state index in [-0.39, 0.29) is 30.5 Å². The van der Waals surface area contributed by atoms with Crippen molar-refractivity contribution in [2.75, 3.05) is 0 Å². The highest BCUT2D eigenvalue weighted by Crippen LogP contribution is 2.46. The van der Waals surface area contributed by atoms with E-state index in [4.69, 9.17) is 4.74 Å². The summed E-state index contributed by atoms with van der Waals surface area (Å²) in [7, 11) is 0. The molecule has 1 aliphatic heterocycles. The molecular weight excluding hydrogens is 304 g/mol. The molecule has 0 saturated carbocycles. The molecule has 0 aromatic carbocycles. The van der Waals surface area contributed by atoms with Gasteiger partial charge >= 0.3 is 5.97 Å². The molecule has 2 aliphatic carbocycles. The molecule has 0 unspecified atom stereocenters. The number of aliphatic hydroxyl groups excluding tert-OH is 2. The maximum Gasteiger partial charge on any atom is 0.308 e. The molecule has 0 bridgehead atoms. The summed E-state index contributed by atoms with van der Waals surface area (Å²) in [5, 5.41) is 20.5. The second-order valence-electron chi connectivity index (χ2n) is 8.19. The fraction of sp³-hybridized carbons (Fsp3) is 0.750. The zero-order valence-corrected chi connectivity index (χ0v) is 14.9. The third-order valence-corrected chi connectivity index (χ3v) is 6.03. The summed E-state index contributed by atoms with van der Waals surface area (Å²) in [6, 6.07) is 0. The minimum Gasteiger partial charge on any atom is -0.462 e. The first-order chi connectivity index (χ1) is 11.3. The number of cyclic esters (lactones) is 1. The van der Waals surface area contributed by atoms with Crippen LogP contribution in [-0.2, 0) is 9.53 Å². The molecule has 3 rings (SSSR count). The lowest BCUT2D eigenvalue weighted by atomic mass is 9.62. The molecule has 1 saturated heterocycles. The smallest absolute Gasteiger partial charge is 0.308 e. The van der Waals surface area contributed by atoms with Crippen LogP contribution in [-0.4, -0.2) is 34.5 Å². The molecule has 4 heteroatoms. The van der Waals surface area contributed by atoms with Gasteiger partial charge in [0.05, 0.1) is 18.6 Å². The van der Waals surface area contributed by atoms with Crippen LogP contribution in [0.5, 0.6) is 0 Å². The van der Waals surface area contributed by atoms with Gasteiger partial charge < -0.3 is 14.9 Å². The van der Waals surface area contributed by atoms with E-state index in [1.807, 2.05) is 0 Å². The number of fused-ring (bicyclic) bond motifs is 1. The molecular formula is C20H30O4. The Morgan fingerprint density at radius 2 is 2.04 bits per heavy atom. The van der Waals surface area contributed by atoms with Gasteiger partial charge in [0, 0.05) is 12.3 Å². The Morgan fingerprint density at radius 1 is 1.29 bits per heavy atom. The van der Waals surface area contributed by atoms with E-state index in [0.717, 1.165) is 12.8 Å². The van der Waals surface area contributed by atoms with Crippen LogP contribution in [0, 0.1) is 29.6 Å². The molecule has 0 aromatic rings. The molecule has 4 nitrogen and oxygen atoms in total. The quantitative estimate of drug-likeness (QED) is 0.779. The fourth-order valence-corrected chi connectivity index (χ4v) is 5.07. The second kappa shape index (κ2) is 7.01. The molecule has 24 heavy (non-hydrogen) atoms. The van der Waals surface area contributed by atoms with Gasteiger partial charge in [0.2, 0.25) is 0 Å². The average Bonchev–Trinajstić information content (AvgIpc) is 2.46. The highest BCUT2D eigenvalue weighted by Gasteiger charge is 2.42. The topological polar surface area (TPSA) is 66.8 Å². The van der Waals surface area contributed by atoms with E-state index < -0.39 is 6.10 Å². The fourth-order valence-electron chi connectivity index (χ4n) is 5.07. The van der Waals surface area contributed by atoms with Gasteiger partial charge in [-0.1, -0.05) is 39.0 Å². The van der Waals surface area contributed by atoms with Crippen LogP contribution in [0.2, 0.25) is 0 Å². The van der Waals surface area contributed by atoms with Crippen LogP contribution in [0.3, 0.4) is 0 Å². The van der Waals surface area contributed by atoms with Crippen molar-refractivity contribution in [2.24, 2.45) is 29.6 Å². The van der Waals surface area contributed by atoms with E-state index >= 15 is 0 Å². The van der Waals surface area contributed by atoms with E-state index in [9.17, 15) is 15.0 Å². The SMILES string of the molecule is C[C@H]1C=C2C=C[C@H](C)[C@H]([C@@H](C)C[C@@H]3C[C@@H](O)CC(=O)O3)[C@H]2[C@@H](O)C1. The largest absolute Gasteiger partial charge is 0.462 e. The van der Waals surface area contributed by atoms with E-state index in [0.29, 0.717) is 30.1 Å².